The van der Waals surface area contributed by atoms with Gasteiger partial charge in [0.25, 0.3) is 5.91 Å². The van der Waals surface area contributed by atoms with Crippen LogP contribution in [0.5, 0.6) is 0 Å². The number of hydrogen-bond donors (Lipinski definition) is 0. The molecule has 2 heterocycles. The Hall–Kier alpha value is -1.72. The first-order valence-electron chi connectivity index (χ1n) is 7.58. The second-order valence-electron chi connectivity index (χ2n) is 5.52. The van der Waals surface area contributed by atoms with Gasteiger partial charge in [-0.15, -0.1) is 11.3 Å². The van der Waals surface area contributed by atoms with Gasteiger partial charge in [-0.25, -0.2) is 4.98 Å². The van der Waals surface area contributed by atoms with E-state index < -0.39 is 0 Å². The fourth-order valence-corrected chi connectivity index (χ4v) is 3.51. The zero-order valence-corrected chi connectivity index (χ0v) is 13.5. The van der Waals surface area contributed by atoms with Crippen LogP contribution in [0.25, 0.3) is 0 Å². The van der Waals surface area contributed by atoms with Crippen molar-refractivity contribution in [2.45, 2.75) is 25.8 Å². The van der Waals surface area contributed by atoms with Crippen molar-refractivity contribution in [3.8, 4) is 0 Å². The molecule has 2 aromatic rings. The number of ether oxygens (including phenoxy) is 1. The van der Waals surface area contributed by atoms with Gasteiger partial charge in [0.1, 0.15) is 4.88 Å². The summed E-state index contributed by atoms with van der Waals surface area (Å²) in [4.78, 5) is 19.8. The maximum atomic E-state index is 12.9. The van der Waals surface area contributed by atoms with Gasteiger partial charge in [0, 0.05) is 13.2 Å². The molecule has 0 unspecified atom stereocenters. The van der Waals surface area contributed by atoms with Crippen molar-refractivity contribution in [1.82, 2.24) is 9.88 Å². The lowest BCUT2D eigenvalue weighted by Gasteiger charge is -2.28. The number of thiazole rings is 1. The van der Waals surface area contributed by atoms with Crippen molar-refractivity contribution < 1.29 is 9.53 Å². The molecule has 0 spiro atoms. The van der Waals surface area contributed by atoms with Crippen LogP contribution in [0.15, 0.2) is 35.8 Å². The molecule has 4 nitrogen and oxygen atoms in total. The monoisotopic (exact) mass is 316 g/mol. The molecule has 0 aliphatic carbocycles. The third-order valence-electron chi connectivity index (χ3n) is 4.03. The van der Waals surface area contributed by atoms with Crippen LogP contribution >= 0.6 is 11.3 Å². The van der Waals surface area contributed by atoms with Crippen molar-refractivity contribution in [1.29, 1.82) is 0 Å². The quantitative estimate of drug-likeness (QED) is 0.852. The SMILES string of the molecule is Cc1ncsc1C(=O)N(CCc1ccccc1)[C@H]1CCOC1. The minimum Gasteiger partial charge on any atom is -0.379 e. The van der Waals surface area contributed by atoms with Gasteiger partial charge in [0.2, 0.25) is 0 Å². The van der Waals surface area contributed by atoms with Crippen molar-refractivity contribution in [3.63, 3.8) is 0 Å². The molecule has 5 heteroatoms. The van der Waals surface area contributed by atoms with Gasteiger partial charge < -0.3 is 9.64 Å². The Balaban J connectivity index is 1.75. The first-order valence-corrected chi connectivity index (χ1v) is 8.46. The van der Waals surface area contributed by atoms with Gasteiger partial charge in [-0.3, -0.25) is 4.79 Å². The molecule has 22 heavy (non-hydrogen) atoms. The first-order chi connectivity index (χ1) is 10.8. The van der Waals surface area contributed by atoms with Gasteiger partial charge in [0.05, 0.1) is 23.9 Å². The predicted octanol–water partition coefficient (Wildman–Crippen LogP) is 2.93. The zero-order valence-electron chi connectivity index (χ0n) is 12.7. The molecule has 3 rings (SSSR count). The Kier molecular flexibility index (Phi) is 4.85. The minimum atomic E-state index is 0.0893. The van der Waals surface area contributed by atoms with E-state index in [9.17, 15) is 4.79 Å². The van der Waals surface area contributed by atoms with Gasteiger partial charge in [-0.1, -0.05) is 30.3 Å². The van der Waals surface area contributed by atoms with Gasteiger partial charge in [-0.2, -0.15) is 0 Å². The number of carbonyl (C=O) groups excluding carboxylic acids is 1. The molecule has 1 atom stereocenters. The van der Waals surface area contributed by atoms with Crippen molar-refractivity contribution >= 4 is 17.2 Å². The van der Waals surface area contributed by atoms with Crippen LogP contribution in [0.1, 0.15) is 27.3 Å². The zero-order chi connectivity index (χ0) is 15.4. The molecule has 1 aliphatic heterocycles. The summed E-state index contributed by atoms with van der Waals surface area (Å²) in [6.07, 6.45) is 1.78. The van der Waals surface area contributed by atoms with Crippen molar-refractivity contribution in [3.05, 3.63) is 52.0 Å². The second-order valence-corrected chi connectivity index (χ2v) is 6.37. The highest BCUT2D eigenvalue weighted by molar-refractivity contribution is 7.11. The van der Waals surface area contributed by atoms with Crippen LogP contribution in [0.4, 0.5) is 0 Å². The molecular formula is C17H20N2O2S. The molecule has 0 radical (unpaired) electrons. The van der Waals surface area contributed by atoms with E-state index in [-0.39, 0.29) is 11.9 Å². The van der Waals surface area contributed by atoms with Crippen LogP contribution in [0, 0.1) is 6.92 Å². The summed E-state index contributed by atoms with van der Waals surface area (Å²) in [6, 6.07) is 10.5. The number of carbonyl (C=O) groups is 1. The summed E-state index contributed by atoms with van der Waals surface area (Å²) in [7, 11) is 0. The van der Waals surface area contributed by atoms with E-state index in [1.807, 2.05) is 30.0 Å². The Morgan fingerprint density at radius 3 is 2.86 bits per heavy atom. The van der Waals surface area contributed by atoms with Crippen LogP contribution in [-0.2, 0) is 11.2 Å². The Morgan fingerprint density at radius 2 is 2.23 bits per heavy atom. The van der Waals surface area contributed by atoms with E-state index in [0.717, 1.165) is 30.0 Å². The van der Waals surface area contributed by atoms with Gasteiger partial charge in [-0.05, 0) is 25.3 Å². The molecule has 1 amide bonds. The Bertz CT molecular complexity index is 621. The second kappa shape index (κ2) is 7.03. The van der Waals surface area contributed by atoms with E-state index in [4.69, 9.17) is 4.74 Å². The van der Waals surface area contributed by atoms with E-state index in [1.165, 1.54) is 16.9 Å². The van der Waals surface area contributed by atoms with E-state index in [1.54, 1.807) is 5.51 Å². The molecule has 0 N–H and O–H groups in total. The molecule has 0 bridgehead atoms. The fraction of sp³-hybridized carbons (Fsp3) is 0.412. The molecule has 1 saturated heterocycles. The average molecular weight is 316 g/mol. The van der Waals surface area contributed by atoms with Crippen LogP contribution < -0.4 is 0 Å². The van der Waals surface area contributed by atoms with E-state index >= 15 is 0 Å². The topological polar surface area (TPSA) is 42.4 Å². The molecule has 0 saturated carbocycles. The number of hydrogen-bond acceptors (Lipinski definition) is 4. The summed E-state index contributed by atoms with van der Waals surface area (Å²) < 4.78 is 5.48. The minimum absolute atomic E-state index is 0.0893. The number of amides is 1. The lowest BCUT2D eigenvalue weighted by atomic mass is 10.1. The third kappa shape index (κ3) is 3.36. The van der Waals surface area contributed by atoms with Gasteiger partial charge in [0.15, 0.2) is 0 Å². The van der Waals surface area contributed by atoms with Crippen LogP contribution in [0.3, 0.4) is 0 Å². The average Bonchev–Trinajstić information content (AvgIpc) is 3.20. The fourth-order valence-electron chi connectivity index (χ4n) is 2.75. The number of rotatable bonds is 5. The molecule has 1 aromatic carbocycles. The molecule has 116 valence electrons. The lowest BCUT2D eigenvalue weighted by Crippen LogP contribution is -2.42. The lowest BCUT2D eigenvalue weighted by molar-refractivity contribution is 0.0660. The maximum Gasteiger partial charge on any atom is 0.266 e. The largest absolute Gasteiger partial charge is 0.379 e. The maximum absolute atomic E-state index is 12.9. The highest BCUT2D eigenvalue weighted by atomic mass is 32.1. The normalized spacial score (nSPS) is 17.6. The summed E-state index contributed by atoms with van der Waals surface area (Å²) >= 11 is 1.42. The summed E-state index contributed by atoms with van der Waals surface area (Å²) in [6.45, 7) is 3.98. The summed E-state index contributed by atoms with van der Waals surface area (Å²) in [5.74, 6) is 0.0893. The number of aromatic nitrogens is 1. The predicted molar refractivity (Wildman–Crippen MR) is 87.3 cm³/mol. The summed E-state index contributed by atoms with van der Waals surface area (Å²) in [5.41, 5.74) is 3.81. The van der Waals surface area contributed by atoms with E-state index in [0.29, 0.717) is 13.2 Å². The third-order valence-corrected chi connectivity index (χ3v) is 4.95. The van der Waals surface area contributed by atoms with Crippen LogP contribution in [0.2, 0.25) is 0 Å². The van der Waals surface area contributed by atoms with Crippen molar-refractivity contribution in [2.24, 2.45) is 0 Å². The molecular weight excluding hydrogens is 296 g/mol. The molecule has 1 aromatic heterocycles. The first kappa shape index (κ1) is 15.2. The van der Waals surface area contributed by atoms with Crippen LogP contribution in [-0.4, -0.2) is 41.6 Å². The highest BCUT2D eigenvalue weighted by Crippen LogP contribution is 2.21. The Labute approximate surface area is 134 Å². The molecule has 1 fully saturated rings. The standard InChI is InChI=1S/C17H20N2O2S/c1-13-16(22-12-18-13)17(20)19(15-8-10-21-11-15)9-7-14-5-3-2-4-6-14/h2-6,12,15H,7-11H2,1H3/t15-/m0/s1. The molecule has 1 aliphatic rings. The summed E-state index contributed by atoms with van der Waals surface area (Å²) in [5, 5.41) is 0. The number of aryl methyl sites for hydroxylation is 1. The number of benzene rings is 1. The number of nitrogens with zero attached hydrogens (tertiary/aromatic N) is 2. The van der Waals surface area contributed by atoms with Gasteiger partial charge >= 0.3 is 0 Å². The smallest absolute Gasteiger partial charge is 0.266 e. The van der Waals surface area contributed by atoms with E-state index in [2.05, 4.69) is 17.1 Å². The Morgan fingerprint density at radius 1 is 1.41 bits per heavy atom. The highest BCUT2D eigenvalue weighted by Gasteiger charge is 2.29. The van der Waals surface area contributed by atoms with Crippen molar-refractivity contribution in [2.75, 3.05) is 19.8 Å².